The quantitative estimate of drug-likeness (QED) is 0.237. The topological polar surface area (TPSA) is 106 Å². The molecule has 0 aromatic heterocycles. The van der Waals surface area contributed by atoms with Crippen LogP contribution in [0.4, 0.5) is 5.69 Å². The second kappa shape index (κ2) is 14.0. The molecule has 32 heavy (non-hydrogen) atoms. The standard InChI is InChI=1S/C24H35N3O4S/c1-4-30-13-14-31-23-12-9-19(15-21(23)24(25)29)22(28)16-26-17(2)5-6-18-7-10-20(11-8-18)27-32-3/h7-12,15,17,22,26-28H,4-6,13-14,16H2,1-3H3,(H2,25,29). The zero-order valence-electron chi connectivity index (χ0n) is 19.1. The predicted molar refractivity (Wildman–Crippen MR) is 131 cm³/mol. The molecule has 0 aliphatic rings. The Kier molecular flexibility index (Phi) is 11.4. The third kappa shape index (κ3) is 8.70. The Balaban J connectivity index is 1.84. The van der Waals surface area contributed by atoms with Crippen LogP contribution < -0.4 is 20.5 Å². The number of rotatable bonds is 15. The molecule has 0 fully saturated rings. The van der Waals surface area contributed by atoms with E-state index in [0.29, 0.717) is 37.7 Å². The molecule has 1 amide bonds. The van der Waals surface area contributed by atoms with Crippen LogP contribution in [0, 0.1) is 0 Å². The summed E-state index contributed by atoms with van der Waals surface area (Å²) in [4.78, 5) is 11.8. The minimum Gasteiger partial charge on any atom is -0.490 e. The predicted octanol–water partition coefficient (Wildman–Crippen LogP) is 3.54. The van der Waals surface area contributed by atoms with Crippen molar-refractivity contribution in [2.75, 3.05) is 37.3 Å². The van der Waals surface area contributed by atoms with Gasteiger partial charge in [-0.25, -0.2) is 0 Å². The van der Waals surface area contributed by atoms with Gasteiger partial charge in [-0.05, 0) is 62.1 Å². The number of aliphatic hydroxyl groups is 1. The Morgan fingerprint density at radius 2 is 1.94 bits per heavy atom. The number of carbonyl (C=O) groups excluding carboxylic acids is 1. The largest absolute Gasteiger partial charge is 0.490 e. The number of hydrogen-bond acceptors (Lipinski definition) is 7. The van der Waals surface area contributed by atoms with Crippen molar-refractivity contribution in [1.29, 1.82) is 0 Å². The number of hydrogen-bond donors (Lipinski definition) is 4. The summed E-state index contributed by atoms with van der Waals surface area (Å²) in [6.07, 6.45) is 3.13. The van der Waals surface area contributed by atoms with Crippen molar-refractivity contribution in [3.8, 4) is 5.75 Å². The van der Waals surface area contributed by atoms with Crippen molar-refractivity contribution >= 4 is 23.5 Å². The molecular formula is C24H35N3O4S. The molecule has 0 aliphatic carbocycles. The Morgan fingerprint density at radius 1 is 1.19 bits per heavy atom. The molecule has 7 nitrogen and oxygen atoms in total. The Bertz CT molecular complexity index is 832. The summed E-state index contributed by atoms with van der Waals surface area (Å²) in [5, 5.41) is 14.0. The van der Waals surface area contributed by atoms with Gasteiger partial charge in [-0.1, -0.05) is 30.1 Å². The van der Waals surface area contributed by atoms with Gasteiger partial charge in [0.2, 0.25) is 0 Å². The van der Waals surface area contributed by atoms with Crippen LogP contribution in [0.2, 0.25) is 0 Å². The van der Waals surface area contributed by atoms with Gasteiger partial charge >= 0.3 is 0 Å². The van der Waals surface area contributed by atoms with Gasteiger partial charge in [-0.3, -0.25) is 4.79 Å². The average molecular weight is 462 g/mol. The van der Waals surface area contributed by atoms with Gasteiger partial charge in [0.25, 0.3) is 5.91 Å². The molecular weight excluding hydrogens is 426 g/mol. The van der Waals surface area contributed by atoms with Crippen molar-refractivity contribution in [3.05, 3.63) is 59.2 Å². The minimum atomic E-state index is -0.759. The van der Waals surface area contributed by atoms with Crippen LogP contribution in [0.15, 0.2) is 42.5 Å². The number of nitrogens with one attached hydrogen (secondary N) is 2. The van der Waals surface area contributed by atoms with Gasteiger partial charge in [-0.15, -0.1) is 0 Å². The first-order chi connectivity index (χ1) is 15.4. The van der Waals surface area contributed by atoms with Gasteiger partial charge in [0, 0.05) is 31.1 Å². The lowest BCUT2D eigenvalue weighted by molar-refractivity contribution is 0.0978. The van der Waals surface area contributed by atoms with Crippen molar-refractivity contribution in [3.63, 3.8) is 0 Å². The first-order valence-corrected chi connectivity index (χ1v) is 12.1. The highest BCUT2D eigenvalue weighted by atomic mass is 32.2. The summed E-state index contributed by atoms with van der Waals surface area (Å²) in [7, 11) is 0. The maximum atomic E-state index is 11.8. The number of aliphatic hydroxyl groups excluding tert-OH is 1. The fraction of sp³-hybridized carbons (Fsp3) is 0.458. The molecule has 0 radical (unpaired) electrons. The van der Waals surface area contributed by atoms with Gasteiger partial charge in [0.15, 0.2) is 0 Å². The van der Waals surface area contributed by atoms with E-state index in [2.05, 4.69) is 41.2 Å². The van der Waals surface area contributed by atoms with E-state index in [1.807, 2.05) is 13.2 Å². The molecule has 0 heterocycles. The lowest BCUT2D eigenvalue weighted by atomic mass is 10.0. The molecule has 5 N–H and O–H groups in total. The lowest BCUT2D eigenvalue weighted by Gasteiger charge is -2.19. The number of anilines is 1. The second-order valence-corrected chi connectivity index (χ2v) is 8.14. The zero-order valence-corrected chi connectivity index (χ0v) is 19.9. The van der Waals surface area contributed by atoms with Gasteiger partial charge in [0.1, 0.15) is 12.4 Å². The van der Waals surface area contributed by atoms with E-state index in [9.17, 15) is 9.90 Å². The van der Waals surface area contributed by atoms with E-state index in [1.54, 1.807) is 30.1 Å². The van der Waals surface area contributed by atoms with Crippen LogP contribution in [-0.4, -0.2) is 49.7 Å². The van der Waals surface area contributed by atoms with Crippen LogP contribution in [-0.2, 0) is 11.2 Å². The van der Waals surface area contributed by atoms with Crippen LogP contribution in [0.25, 0.3) is 0 Å². The van der Waals surface area contributed by atoms with Crippen LogP contribution >= 0.6 is 11.9 Å². The molecule has 2 aromatic carbocycles. The zero-order chi connectivity index (χ0) is 23.3. The van der Waals surface area contributed by atoms with E-state index < -0.39 is 12.0 Å². The smallest absolute Gasteiger partial charge is 0.252 e. The highest BCUT2D eigenvalue weighted by Crippen LogP contribution is 2.23. The molecule has 2 aromatic rings. The maximum absolute atomic E-state index is 11.8. The summed E-state index contributed by atoms with van der Waals surface area (Å²) >= 11 is 1.57. The number of ether oxygens (including phenoxy) is 2. The number of primary amides is 1. The average Bonchev–Trinajstić information content (AvgIpc) is 2.80. The molecule has 2 atom stereocenters. The van der Waals surface area contributed by atoms with Gasteiger partial charge in [-0.2, -0.15) is 0 Å². The summed E-state index contributed by atoms with van der Waals surface area (Å²) in [5.74, 6) is -0.196. The van der Waals surface area contributed by atoms with Crippen molar-refractivity contribution < 1.29 is 19.4 Å². The maximum Gasteiger partial charge on any atom is 0.252 e. The van der Waals surface area contributed by atoms with Crippen LogP contribution in [0.3, 0.4) is 0 Å². The van der Waals surface area contributed by atoms with Gasteiger partial charge in [0.05, 0.1) is 18.3 Å². The summed E-state index contributed by atoms with van der Waals surface area (Å²) in [6.45, 7) is 5.73. The lowest BCUT2D eigenvalue weighted by Crippen LogP contribution is -2.31. The van der Waals surface area contributed by atoms with Crippen LogP contribution in [0.5, 0.6) is 5.75 Å². The molecule has 0 aliphatic heterocycles. The molecule has 176 valence electrons. The second-order valence-electron chi connectivity index (χ2n) is 7.53. The van der Waals surface area contributed by atoms with Crippen molar-refractivity contribution in [1.82, 2.24) is 5.32 Å². The monoisotopic (exact) mass is 461 g/mol. The summed E-state index contributed by atoms with van der Waals surface area (Å²) in [5.41, 5.74) is 8.75. The molecule has 0 spiro atoms. The van der Waals surface area contributed by atoms with Crippen LogP contribution in [0.1, 0.15) is 47.9 Å². The van der Waals surface area contributed by atoms with E-state index >= 15 is 0 Å². The van der Waals surface area contributed by atoms with E-state index in [4.69, 9.17) is 15.2 Å². The van der Waals surface area contributed by atoms with E-state index in [1.165, 1.54) is 5.56 Å². The Hall–Kier alpha value is -2.26. The van der Waals surface area contributed by atoms with Crippen molar-refractivity contribution in [2.45, 2.75) is 38.8 Å². The molecule has 0 saturated heterocycles. The molecule has 0 saturated carbocycles. The summed E-state index contributed by atoms with van der Waals surface area (Å²) in [6, 6.07) is 13.7. The minimum absolute atomic E-state index is 0.227. The molecule has 2 rings (SSSR count). The van der Waals surface area contributed by atoms with Crippen molar-refractivity contribution in [2.24, 2.45) is 5.73 Å². The highest BCUT2D eigenvalue weighted by molar-refractivity contribution is 7.99. The Morgan fingerprint density at radius 3 is 2.59 bits per heavy atom. The van der Waals surface area contributed by atoms with E-state index in [-0.39, 0.29) is 11.6 Å². The third-order valence-corrected chi connectivity index (χ3v) is 5.48. The molecule has 8 heteroatoms. The number of amides is 1. The number of carbonyl (C=O) groups is 1. The fourth-order valence-electron chi connectivity index (χ4n) is 3.20. The highest BCUT2D eigenvalue weighted by Gasteiger charge is 2.16. The fourth-order valence-corrected chi connectivity index (χ4v) is 3.57. The molecule has 0 bridgehead atoms. The first-order valence-electron chi connectivity index (χ1n) is 10.9. The number of aryl methyl sites for hydroxylation is 1. The first kappa shape index (κ1) is 26.0. The normalized spacial score (nSPS) is 12.9. The Labute approximate surface area is 195 Å². The number of nitrogens with two attached hydrogens (primary N) is 1. The summed E-state index contributed by atoms with van der Waals surface area (Å²) < 4.78 is 14.1. The molecule has 2 unspecified atom stereocenters. The third-order valence-electron chi connectivity index (χ3n) is 5.04. The number of benzene rings is 2. The van der Waals surface area contributed by atoms with Gasteiger partial charge < -0.3 is 30.4 Å². The van der Waals surface area contributed by atoms with E-state index in [0.717, 1.165) is 18.5 Å². The SMILES string of the molecule is CCOCCOc1ccc(C(O)CNC(C)CCc2ccc(NSC)cc2)cc1C(N)=O.